The Morgan fingerprint density at radius 2 is 2.50 bits per heavy atom. The summed E-state index contributed by atoms with van der Waals surface area (Å²) in [4.78, 5) is 23.3. The van der Waals surface area contributed by atoms with Crippen molar-refractivity contribution in [1.82, 2.24) is 15.0 Å². The first-order valence-corrected chi connectivity index (χ1v) is 3.22. The van der Waals surface area contributed by atoms with Gasteiger partial charge in [-0.15, -0.1) is 0 Å². The first kappa shape index (κ1) is 6.71. The van der Waals surface area contributed by atoms with E-state index in [-0.39, 0.29) is 5.82 Å². The van der Waals surface area contributed by atoms with Crippen LogP contribution in [0, 0.1) is 0 Å². The molecular weight excluding hydrogens is 160 g/mol. The summed E-state index contributed by atoms with van der Waals surface area (Å²) in [5.74, 6) is -1.19. The average Bonchev–Trinajstić information content (AvgIpc) is 2.46. The van der Waals surface area contributed by atoms with Crippen LogP contribution >= 0.6 is 0 Å². The van der Waals surface area contributed by atoms with E-state index in [4.69, 9.17) is 5.11 Å². The molecule has 0 aliphatic rings. The Morgan fingerprint density at radius 3 is 3.17 bits per heavy atom. The third-order valence-electron chi connectivity index (χ3n) is 1.40. The van der Waals surface area contributed by atoms with Gasteiger partial charge in [0.15, 0.2) is 5.52 Å². The molecule has 0 unspecified atom stereocenters. The van der Waals surface area contributed by atoms with Gasteiger partial charge in [0.25, 0.3) is 12.0 Å². The smallest absolute Gasteiger partial charge is 0.372 e. The zero-order valence-electron chi connectivity index (χ0n) is 5.90. The highest BCUT2D eigenvalue weighted by molar-refractivity contribution is 5.87. The molecule has 6 nitrogen and oxygen atoms in total. The normalized spacial score (nSPS) is 10.3. The molecule has 0 saturated heterocycles. The van der Waals surface area contributed by atoms with Gasteiger partial charge in [-0.25, -0.2) is 9.78 Å². The summed E-state index contributed by atoms with van der Waals surface area (Å²) in [5, 5.41) is 8.55. The molecule has 3 N–H and O–H groups in total. The van der Waals surface area contributed by atoms with E-state index < -0.39 is 5.97 Å². The number of aromatic nitrogens is 4. The van der Waals surface area contributed by atoms with Crippen molar-refractivity contribution in [3.63, 3.8) is 0 Å². The Labute approximate surface area is 66.3 Å². The van der Waals surface area contributed by atoms with E-state index in [1.54, 1.807) is 6.20 Å². The lowest BCUT2D eigenvalue weighted by atomic mass is 10.6. The number of imidazole rings is 1. The van der Waals surface area contributed by atoms with Crippen molar-refractivity contribution in [2.45, 2.75) is 0 Å². The predicted molar refractivity (Wildman–Crippen MR) is 37.4 cm³/mol. The highest BCUT2D eigenvalue weighted by atomic mass is 16.4. The molecule has 0 radical (unpaired) electrons. The van der Waals surface area contributed by atoms with Gasteiger partial charge in [0.1, 0.15) is 6.20 Å². The van der Waals surface area contributed by atoms with E-state index in [9.17, 15) is 4.79 Å². The number of carboxylic acid groups (broad SMARTS) is 1. The van der Waals surface area contributed by atoms with Crippen molar-refractivity contribution in [1.29, 1.82) is 0 Å². The first-order valence-electron chi connectivity index (χ1n) is 3.22. The molecule has 0 saturated carbocycles. The molecule has 0 spiro atoms. The number of carbonyl (C=O) groups is 1. The zero-order chi connectivity index (χ0) is 8.55. The van der Waals surface area contributed by atoms with Crippen molar-refractivity contribution < 1.29 is 14.9 Å². The molecule has 0 amide bonds. The number of aromatic amines is 2. The Kier molecular flexibility index (Phi) is 1.26. The average molecular weight is 165 g/mol. The molecule has 0 atom stereocenters. The standard InChI is InChI=1S/C6H4N4O2/c11-6(12)5-9-3-1-7-2-8-4(3)10-5/h1-2H,(H,11,12)(H,7,8,9,10)/p+1. The number of hydrogen-bond donors (Lipinski definition) is 2. The lowest BCUT2D eigenvalue weighted by molar-refractivity contribution is -0.380. The van der Waals surface area contributed by atoms with Crippen molar-refractivity contribution in [2.75, 3.05) is 0 Å². The molecule has 0 aromatic carbocycles. The van der Waals surface area contributed by atoms with E-state index in [0.29, 0.717) is 11.2 Å². The fourth-order valence-corrected chi connectivity index (χ4v) is 0.897. The van der Waals surface area contributed by atoms with Crippen molar-refractivity contribution in [3.8, 4) is 0 Å². The zero-order valence-corrected chi connectivity index (χ0v) is 5.90. The third kappa shape index (κ3) is 0.895. The SMILES string of the molecule is O=C(O)c1nc2nc[nH+]cc2[nH]1. The highest BCUT2D eigenvalue weighted by Gasteiger charge is 2.12. The van der Waals surface area contributed by atoms with Gasteiger partial charge < -0.3 is 10.1 Å². The van der Waals surface area contributed by atoms with Gasteiger partial charge in [0, 0.05) is 0 Å². The number of hydrogen-bond acceptors (Lipinski definition) is 3. The molecule has 60 valence electrons. The van der Waals surface area contributed by atoms with Crippen LogP contribution in [0.2, 0.25) is 0 Å². The van der Waals surface area contributed by atoms with E-state index in [2.05, 4.69) is 19.9 Å². The summed E-state index contributed by atoms with van der Waals surface area (Å²) >= 11 is 0. The van der Waals surface area contributed by atoms with E-state index in [0.717, 1.165) is 0 Å². The van der Waals surface area contributed by atoms with Crippen LogP contribution in [0.3, 0.4) is 0 Å². The van der Waals surface area contributed by atoms with Crippen LogP contribution < -0.4 is 4.98 Å². The molecule has 6 heteroatoms. The summed E-state index contributed by atoms with van der Waals surface area (Å²) in [6.45, 7) is 0. The van der Waals surface area contributed by atoms with Gasteiger partial charge in [-0.2, -0.15) is 4.98 Å². The van der Waals surface area contributed by atoms with E-state index in [1.165, 1.54) is 6.33 Å². The molecule has 2 aromatic heterocycles. The van der Waals surface area contributed by atoms with Crippen molar-refractivity contribution in [2.24, 2.45) is 0 Å². The Morgan fingerprint density at radius 1 is 1.67 bits per heavy atom. The van der Waals surface area contributed by atoms with E-state index >= 15 is 0 Å². The van der Waals surface area contributed by atoms with Crippen LogP contribution in [0.5, 0.6) is 0 Å². The highest BCUT2D eigenvalue weighted by Crippen LogP contribution is 2.03. The summed E-state index contributed by atoms with van der Waals surface area (Å²) in [7, 11) is 0. The molecule has 2 rings (SSSR count). The number of fused-ring (bicyclic) bond motifs is 1. The quantitative estimate of drug-likeness (QED) is 0.594. The number of rotatable bonds is 1. The maximum atomic E-state index is 10.4. The fraction of sp³-hybridized carbons (Fsp3) is 0. The summed E-state index contributed by atoms with van der Waals surface area (Å²) < 4.78 is 0. The van der Waals surface area contributed by atoms with Crippen LogP contribution in [0.25, 0.3) is 11.2 Å². The molecule has 0 aliphatic carbocycles. The van der Waals surface area contributed by atoms with Crippen LogP contribution in [0.1, 0.15) is 10.6 Å². The first-order chi connectivity index (χ1) is 5.77. The summed E-state index contributed by atoms with van der Waals surface area (Å²) in [5.41, 5.74) is 0.973. The molecule has 2 aromatic rings. The number of nitrogens with zero attached hydrogens (tertiary/aromatic N) is 2. The molecule has 0 bridgehead atoms. The third-order valence-corrected chi connectivity index (χ3v) is 1.40. The maximum absolute atomic E-state index is 10.4. The lowest BCUT2D eigenvalue weighted by Crippen LogP contribution is -1.99. The molecule has 0 fully saturated rings. The second-order valence-electron chi connectivity index (χ2n) is 2.20. The van der Waals surface area contributed by atoms with Crippen molar-refractivity contribution >= 4 is 17.1 Å². The second kappa shape index (κ2) is 2.26. The molecular formula is C6H5N4O2+. The van der Waals surface area contributed by atoms with Crippen LogP contribution in [-0.2, 0) is 0 Å². The molecule has 0 aliphatic heterocycles. The van der Waals surface area contributed by atoms with Crippen LogP contribution in [-0.4, -0.2) is 26.0 Å². The number of H-pyrrole nitrogens is 2. The van der Waals surface area contributed by atoms with Crippen LogP contribution in [0.15, 0.2) is 12.5 Å². The molecule has 2 heterocycles. The van der Waals surface area contributed by atoms with Gasteiger partial charge in [-0.3, -0.25) is 0 Å². The summed E-state index contributed by atoms with van der Waals surface area (Å²) in [6, 6.07) is 0. The topological polar surface area (TPSA) is 93.0 Å². The number of aromatic carboxylic acids is 1. The minimum absolute atomic E-state index is 0.0999. The summed E-state index contributed by atoms with van der Waals surface area (Å²) in [6.07, 6.45) is 3.04. The monoisotopic (exact) mass is 165 g/mol. The van der Waals surface area contributed by atoms with Gasteiger partial charge in [-0.1, -0.05) is 0 Å². The largest absolute Gasteiger partial charge is 0.475 e. The van der Waals surface area contributed by atoms with Crippen LogP contribution in [0.4, 0.5) is 0 Å². The van der Waals surface area contributed by atoms with Crippen molar-refractivity contribution in [3.05, 3.63) is 18.3 Å². The van der Waals surface area contributed by atoms with E-state index in [1.807, 2.05) is 0 Å². The minimum atomic E-state index is -1.09. The van der Waals surface area contributed by atoms with Gasteiger partial charge in [0.2, 0.25) is 5.82 Å². The maximum Gasteiger partial charge on any atom is 0.372 e. The van der Waals surface area contributed by atoms with Gasteiger partial charge >= 0.3 is 5.97 Å². The van der Waals surface area contributed by atoms with Gasteiger partial charge in [0.05, 0.1) is 0 Å². The second-order valence-corrected chi connectivity index (χ2v) is 2.20. The Bertz CT molecular complexity index is 403. The minimum Gasteiger partial charge on any atom is -0.475 e. The predicted octanol–water partition coefficient (Wildman–Crippen LogP) is -0.530. The molecule has 12 heavy (non-hydrogen) atoms. The number of carboxylic acids is 1. The lowest BCUT2D eigenvalue weighted by Gasteiger charge is -1.79. The fourth-order valence-electron chi connectivity index (χ4n) is 0.897. The van der Waals surface area contributed by atoms with Gasteiger partial charge in [-0.05, 0) is 4.98 Å². The number of nitrogens with one attached hydrogen (secondary N) is 2. The Hall–Kier alpha value is -1.98. The Balaban J connectivity index is 2.70.